The lowest BCUT2D eigenvalue weighted by Crippen LogP contribution is -2.49. The Morgan fingerprint density at radius 1 is 0.593 bits per heavy atom. The zero-order chi connectivity index (χ0) is 20.1. The van der Waals surface area contributed by atoms with E-state index >= 15 is 0 Å². The van der Waals surface area contributed by atoms with Gasteiger partial charge in [-0.1, -0.05) is 27.7 Å². The maximum absolute atomic E-state index is 10.5. The molecule has 6 nitrogen and oxygen atoms in total. The maximum Gasteiger partial charge on any atom is 0.200 e. The first-order valence-electron chi connectivity index (χ1n) is 8.91. The summed E-state index contributed by atoms with van der Waals surface area (Å²) in [5.74, 6) is -2.46. The van der Waals surface area contributed by atoms with Gasteiger partial charge in [0.1, 0.15) is 0 Å². The highest BCUT2D eigenvalue weighted by molar-refractivity contribution is 5.67. The number of hydrogen-bond acceptors (Lipinski definition) is 6. The fourth-order valence-corrected chi connectivity index (χ4v) is 5.69. The van der Waals surface area contributed by atoms with E-state index in [-0.39, 0.29) is 23.0 Å². The molecular weight excluding hydrogens is 348 g/mol. The van der Waals surface area contributed by atoms with Crippen LogP contribution < -0.4 is 0 Å². The lowest BCUT2D eigenvalue weighted by molar-refractivity contribution is 0.0844. The van der Waals surface area contributed by atoms with Gasteiger partial charge in [0, 0.05) is 11.1 Å². The molecule has 2 aliphatic rings. The van der Waals surface area contributed by atoms with E-state index in [1.54, 1.807) is 0 Å². The molecule has 1 spiro atoms. The summed E-state index contributed by atoms with van der Waals surface area (Å²) in [5, 5.41) is 61.0. The number of rotatable bonds is 0. The molecule has 4 rings (SSSR count). The molecule has 0 fully saturated rings. The molecule has 0 unspecified atom stereocenters. The predicted octanol–water partition coefficient (Wildman–Crippen LogP) is 3.27. The molecule has 0 atom stereocenters. The number of aromatic hydroxyl groups is 6. The fraction of sp³-hybridized carbons (Fsp3) is 0.429. The van der Waals surface area contributed by atoms with E-state index in [0.717, 1.165) is 11.1 Å². The van der Waals surface area contributed by atoms with Crippen molar-refractivity contribution in [1.29, 1.82) is 0 Å². The average Bonchev–Trinajstić information content (AvgIpc) is 2.95. The Kier molecular flexibility index (Phi) is 3.10. The summed E-state index contributed by atoms with van der Waals surface area (Å²) in [7, 11) is 0. The summed E-state index contributed by atoms with van der Waals surface area (Å²) in [6, 6.07) is 2.99. The highest BCUT2D eigenvalue weighted by atomic mass is 16.3. The minimum Gasteiger partial charge on any atom is -0.504 e. The molecule has 0 saturated carbocycles. The van der Waals surface area contributed by atoms with Crippen LogP contribution in [0.3, 0.4) is 0 Å². The van der Waals surface area contributed by atoms with E-state index in [1.807, 2.05) is 27.7 Å². The topological polar surface area (TPSA) is 121 Å². The third kappa shape index (κ3) is 1.76. The van der Waals surface area contributed by atoms with Crippen LogP contribution in [0.4, 0.5) is 0 Å². The van der Waals surface area contributed by atoms with Crippen LogP contribution in [0.1, 0.15) is 49.9 Å². The fourth-order valence-electron chi connectivity index (χ4n) is 5.69. The van der Waals surface area contributed by atoms with E-state index in [1.165, 1.54) is 12.1 Å². The summed E-state index contributed by atoms with van der Waals surface area (Å²) in [6.07, 6.45) is 0.829. The van der Waals surface area contributed by atoms with Crippen molar-refractivity contribution in [2.45, 2.75) is 51.4 Å². The molecule has 0 aromatic heterocycles. The van der Waals surface area contributed by atoms with E-state index in [9.17, 15) is 30.6 Å². The second-order valence-corrected chi connectivity index (χ2v) is 8.92. The zero-order valence-corrected chi connectivity index (χ0v) is 15.8. The van der Waals surface area contributed by atoms with Gasteiger partial charge in [-0.2, -0.15) is 0 Å². The molecule has 144 valence electrons. The van der Waals surface area contributed by atoms with Gasteiger partial charge in [-0.25, -0.2) is 0 Å². The second kappa shape index (κ2) is 4.74. The zero-order valence-electron chi connectivity index (χ0n) is 15.8. The Morgan fingerprint density at radius 2 is 0.926 bits per heavy atom. The van der Waals surface area contributed by atoms with Crippen molar-refractivity contribution >= 4 is 0 Å². The molecule has 0 aliphatic heterocycles. The first kappa shape index (κ1) is 17.6. The van der Waals surface area contributed by atoms with Crippen molar-refractivity contribution in [2.24, 2.45) is 5.41 Å². The Morgan fingerprint density at radius 3 is 1.26 bits per heavy atom. The van der Waals surface area contributed by atoms with Crippen LogP contribution in [-0.2, 0) is 23.7 Å². The molecule has 27 heavy (non-hydrogen) atoms. The van der Waals surface area contributed by atoms with Crippen LogP contribution in [0, 0.1) is 5.41 Å². The number of benzene rings is 2. The molecule has 2 aliphatic carbocycles. The largest absolute Gasteiger partial charge is 0.504 e. The Balaban J connectivity index is 2.00. The summed E-state index contributed by atoms with van der Waals surface area (Å²) < 4.78 is 0. The van der Waals surface area contributed by atoms with E-state index in [2.05, 4.69) is 0 Å². The monoisotopic (exact) mass is 372 g/mol. The lowest BCUT2D eigenvalue weighted by atomic mass is 9.54. The molecular formula is C21H24O6. The Labute approximate surface area is 157 Å². The van der Waals surface area contributed by atoms with Gasteiger partial charge in [-0.05, 0) is 52.3 Å². The predicted molar refractivity (Wildman–Crippen MR) is 98.8 cm³/mol. The third-order valence-corrected chi connectivity index (χ3v) is 7.41. The first-order valence-corrected chi connectivity index (χ1v) is 8.91. The Hall–Kier alpha value is -2.76. The minimum atomic E-state index is -0.537. The third-order valence-electron chi connectivity index (χ3n) is 7.41. The summed E-state index contributed by atoms with van der Waals surface area (Å²) >= 11 is 0. The van der Waals surface area contributed by atoms with E-state index < -0.39 is 27.7 Å². The summed E-state index contributed by atoms with van der Waals surface area (Å²) in [6.45, 7) is 8.05. The number of phenols is 6. The highest BCUT2D eigenvalue weighted by Gasteiger charge is 2.64. The molecule has 0 amide bonds. The van der Waals surface area contributed by atoms with Crippen molar-refractivity contribution in [2.75, 3.05) is 0 Å². The van der Waals surface area contributed by atoms with Gasteiger partial charge in [-0.15, -0.1) is 0 Å². The van der Waals surface area contributed by atoms with Crippen LogP contribution in [0.2, 0.25) is 0 Å². The molecule has 0 heterocycles. The van der Waals surface area contributed by atoms with Crippen LogP contribution in [0.25, 0.3) is 0 Å². The molecule has 2 aromatic carbocycles. The second-order valence-electron chi connectivity index (χ2n) is 8.92. The quantitative estimate of drug-likeness (QED) is 0.395. The van der Waals surface area contributed by atoms with Crippen molar-refractivity contribution in [3.63, 3.8) is 0 Å². The maximum atomic E-state index is 10.5. The van der Waals surface area contributed by atoms with Gasteiger partial charge < -0.3 is 30.6 Å². The highest BCUT2D eigenvalue weighted by Crippen LogP contribution is 2.69. The van der Waals surface area contributed by atoms with Crippen LogP contribution in [0.5, 0.6) is 34.5 Å². The summed E-state index contributed by atoms with van der Waals surface area (Å²) in [4.78, 5) is 0. The standard InChI is InChI=1S/C21H24O6/c1-19(2)11-5-13(22)17(26)15(24)9(11)7-21(19)8-10-12(20(21,3)4)6-14(23)18(27)16(10)25/h5-6,22-27H,7-8H2,1-4H3. The van der Waals surface area contributed by atoms with Crippen LogP contribution in [0.15, 0.2) is 12.1 Å². The van der Waals surface area contributed by atoms with Crippen LogP contribution >= 0.6 is 0 Å². The normalized spacial score (nSPS) is 20.6. The van der Waals surface area contributed by atoms with Gasteiger partial charge in [0.15, 0.2) is 23.0 Å². The van der Waals surface area contributed by atoms with E-state index in [0.29, 0.717) is 24.0 Å². The molecule has 0 radical (unpaired) electrons. The van der Waals surface area contributed by atoms with Gasteiger partial charge in [-0.3, -0.25) is 0 Å². The smallest absolute Gasteiger partial charge is 0.200 e. The van der Waals surface area contributed by atoms with Gasteiger partial charge in [0.2, 0.25) is 11.5 Å². The summed E-state index contributed by atoms with van der Waals surface area (Å²) in [5.41, 5.74) is 1.04. The van der Waals surface area contributed by atoms with Crippen molar-refractivity contribution in [3.05, 3.63) is 34.4 Å². The van der Waals surface area contributed by atoms with Crippen molar-refractivity contribution in [3.8, 4) is 34.5 Å². The Bertz CT molecular complexity index is 921. The number of fused-ring (bicyclic) bond motifs is 2. The van der Waals surface area contributed by atoms with Gasteiger partial charge in [0.05, 0.1) is 0 Å². The van der Waals surface area contributed by atoms with Gasteiger partial charge in [0.25, 0.3) is 0 Å². The van der Waals surface area contributed by atoms with Crippen molar-refractivity contribution in [1.82, 2.24) is 0 Å². The van der Waals surface area contributed by atoms with Gasteiger partial charge >= 0.3 is 0 Å². The molecule has 6 heteroatoms. The van der Waals surface area contributed by atoms with Crippen molar-refractivity contribution < 1.29 is 30.6 Å². The molecule has 2 aromatic rings. The van der Waals surface area contributed by atoms with E-state index in [4.69, 9.17) is 0 Å². The molecule has 6 N–H and O–H groups in total. The SMILES string of the molecule is CC1(C)c2cc(O)c(O)c(O)c2CC12Cc1c(cc(O)c(O)c1O)C2(C)C. The number of phenolic OH excluding ortho intramolecular Hbond substituents is 6. The minimum absolute atomic E-state index is 0.323. The lowest BCUT2D eigenvalue weighted by Gasteiger charge is -2.49. The number of hydrogen-bond donors (Lipinski definition) is 6. The average molecular weight is 372 g/mol. The molecule has 0 saturated heterocycles. The van der Waals surface area contributed by atoms with Crippen LogP contribution in [-0.4, -0.2) is 30.6 Å². The first-order chi connectivity index (χ1) is 12.4. The molecule has 0 bridgehead atoms.